The van der Waals surface area contributed by atoms with Crippen LogP contribution in [-0.2, 0) is 4.74 Å². The number of nitrogens with one attached hydrogen (secondary N) is 2. The number of ether oxygens (including phenoxy) is 1. The lowest BCUT2D eigenvalue weighted by molar-refractivity contribution is 0.0866. The first-order chi connectivity index (χ1) is 9.11. The predicted octanol–water partition coefficient (Wildman–Crippen LogP) is 1.56. The molecule has 2 rings (SSSR count). The second-order valence-electron chi connectivity index (χ2n) is 4.52. The highest BCUT2D eigenvalue weighted by molar-refractivity contribution is 5.98. The Hall–Kier alpha value is -1.69. The van der Waals surface area contributed by atoms with Gasteiger partial charge in [0.1, 0.15) is 11.6 Å². The topological polar surface area (TPSA) is 63.2 Å². The number of hydrogen-bond acceptors (Lipinski definition) is 4. The third-order valence-corrected chi connectivity index (χ3v) is 3.14. The van der Waals surface area contributed by atoms with E-state index < -0.39 is 5.82 Å². The van der Waals surface area contributed by atoms with Crippen LogP contribution in [0.4, 0.5) is 10.2 Å². The Kier molecular flexibility index (Phi) is 4.31. The summed E-state index contributed by atoms with van der Waals surface area (Å²) < 4.78 is 18.6. The molecule has 1 aromatic rings. The van der Waals surface area contributed by atoms with Crippen molar-refractivity contribution in [2.75, 3.05) is 18.5 Å². The molecule has 0 spiro atoms. The minimum atomic E-state index is -0.525. The van der Waals surface area contributed by atoms with Crippen LogP contribution in [0.5, 0.6) is 0 Å². The van der Waals surface area contributed by atoms with Gasteiger partial charge in [-0.25, -0.2) is 9.37 Å². The number of halogens is 1. The molecule has 1 amide bonds. The summed E-state index contributed by atoms with van der Waals surface area (Å²) in [6.45, 7) is 5.04. The monoisotopic (exact) mass is 267 g/mol. The molecule has 0 saturated carbocycles. The molecule has 0 aliphatic carbocycles. The van der Waals surface area contributed by atoms with Crippen molar-refractivity contribution in [3.63, 3.8) is 0 Å². The van der Waals surface area contributed by atoms with Crippen LogP contribution in [0.15, 0.2) is 12.3 Å². The summed E-state index contributed by atoms with van der Waals surface area (Å²) >= 11 is 0. The number of amides is 1. The van der Waals surface area contributed by atoms with Crippen molar-refractivity contribution in [2.45, 2.75) is 32.4 Å². The van der Waals surface area contributed by atoms with E-state index in [1.807, 2.05) is 13.8 Å². The first kappa shape index (κ1) is 13.7. The van der Waals surface area contributed by atoms with Crippen molar-refractivity contribution in [1.29, 1.82) is 0 Å². The third-order valence-electron chi connectivity index (χ3n) is 3.14. The van der Waals surface area contributed by atoms with Gasteiger partial charge in [0.25, 0.3) is 5.91 Å². The Morgan fingerprint density at radius 2 is 2.42 bits per heavy atom. The molecule has 19 heavy (non-hydrogen) atoms. The van der Waals surface area contributed by atoms with Gasteiger partial charge in [-0.2, -0.15) is 0 Å². The molecule has 0 bridgehead atoms. The van der Waals surface area contributed by atoms with Crippen molar-refractivity contribution in [3.05, 3.63) is 23.6 Å². The Labute approximate surface area is 111 Å². The largest absolute Gasteiger partial charge is 0.376 e. The molecule has 1 aromatic heterocycles. The van der Waals surface area contributed by atoms with E-state index in [9.17, 15) is 9.18 Å². The fourth-order valence-electron chi connectivity index (χ4n) is 2.09. The number of hydrogen-bond donors (Lipinski definition) is 2. The molecule has 1 aliphatic rings. The van der Waals surface area contributed by atoms with E-state index in [0.29, 0.717) is 19.0 Å². The van der Waals surface area contributed by atoms with Crippen LogP contribution in [0.1, 0.15) is 30.6 Å². The van der Waals surface area contributed by atoms with Gasteiger partial charge in [-0.15, -0.1) is 0 Å². The predicted molar refractivity (Wildman–Crippen MR) is 69.6 cm³/mol. The second-order valence-corrected chi connectivity index (χ2v) is 4.52. The molecule has 1 saturated heterocycles. The van der Waals surface area contributed by atoms with Gasteiger partial charge in [0.15, 0.2) is 0 Å². The van der Waals surface area contributed by atoms with Crippen LogP contribution >= 0.6 is 0 Å². The molecule has 2 atom stereocenters. The molecule has 0 radical (unpaired) electrons. The summed E-state index contributed by atoms with van der Waals surface area (Å²) in [6.07, 6.45) is 1.84. The second kappa shape index (κ2) is 5.97. The lowest BCUT2D eigenvalue weighted by Gasteiger charge is -2.17. The number of rotatable bonds is 4. The van der Waals surface area contributed by atoms with Crippen molar-refractivity contribution in [1.82, 2.24) is 10.3 Å². The maximum atomic E-state index is 13.2. The number of aromatic nitrogens is 1. The zero-order chi connectivity index (χ0) is 13.8. The number of carbonyl (C=O) groups excluding carboxylic acids is 1. The number of nitrogens with zero attached hydrogens (tertiary/aromatic N) is 1. The molecular formula is C13H18FN3O2. The fraction of sp³-hybridized carbons (Fsp3) is 0.538. The van der Waals surface area contributed by atoms with Gasteiger partial charge >= 0.3 is 0 Å². The maximum Gasteiger partial charge on any atom is 0.255 e. The Balaban J connectivity index is 2.15. The van der Waals surface area contributed by atoms with Gasteiger partial charge in [0.05, 0.1) is 23.9 Å². The van der Waals surface area contributed by atoms with E-state index >= 15 is 0 Å². The van der Waals surface area contributed by atoms with E-state index in [4.69, 9.17) is 4.74 Å². The molecule has 2 N–H and O–H groups in total. The average molecular weight is 267 g/mol. The molecule has 2 unspecified atom stereocenters. The summed E-state index contributed by atoms with van der Waals surface area (Å²) in [5, 5.41) is 5.81. The van der Waals surface area contributed by atoms with Crippen LogP contribution in [0, 0.1) is 5.82 Å². The maximum absolute atomic E-state index is 13.2. The number of carbonyl (C=O) groups is 1. The highest BCUT2D eigenvalue weighted by Gasteiger charge is 2.27. The molecule has 1 fully saturated rings. The number of pyridine rings is 1. The van der Waals surface area contributed by atoms with E-state index in [0.717, 1.165) is 12.6 Å². The van der Waals surface area contributed by atoms with Crippen LogP contribution in [0.25, 0.3) is 0 Å². The summed E-state index contributed by atoms with van der Waals surface area (Å²) in [5.74, 6) is -0.458. The average Bonchev–Trinajstić information content (AvgIpc) is 2.77. The van der Waals surface area contributed by atoms with E-state index in [1.165, 1.54) is 6.07 Å². The van der Waals surface area contributed by atoms with Gasteiger partial charge in [-0.05, 0) is 26.3 Å². The van der Waals surface area contributed by atoms with E-state index in [-0.39, 0.29) is 23.6 Å². The Morgan fingerprint density at radius 1 is 1.63 bits per heavy atom. The van der Waals surface area contributed by atoms with Crippen molar-refractivity contribution < 1.29 is 13.9 Å². The third kappa shape index (κ3) is 3.20. The zero-order valence-electron chi connectivity index (χ0n) is 11.1. The first-order valence-electron chi connectivity index (χ1n) is 6.43. The van der Waals surface area contributed by atoms with Gasteiger partial charge in [0, 0.05) is 13.2 Å². The Morgan fingerprint density at radius 3 is 3.05 bits per heavy atom. The Bertz CT molecular complexity index is 467. The molecule has 5 nitrogen and oxygen atoms in total. The molecular weight excluding hydrogens is 249 g/mol. The fourth-order valence-corrected chi connectivity index (χ4v) is 2.09. The molecule has 0 aromatic carbocycles. The van der Waals surface area contributed by atoms with E-state index in [1.54, 1.807) is 0 Å². The smallest absolute Gasteiger partial charge is 0.255 e. The van der Waals surface area contributed by atoms with E-state index in [2.05, 4.69) is 15.6 Å². The lowest BCUT2D eigenvalue weighted by Crippen LogP contribution is -2.39. The van der Waals surface area contributed by atoms with Crippen molar-refractivity contribution >= 4 is 11.7 Å². The summed E-state index contributed by atoms with van der Waals surface area (Å²) in [5.41, 5.74) is 0.223. The zero-order valence-corrected chi connectivity index (χ0v) is 11.1. The van der Waals surface area contributed by atoms with Gasteiger partial charge in [0.2, 0.25) is 0 Å². The number of anilines is 1. The lowest BCUT2D eigenvalue weighted by atomic mass is 10.1. The van der Waals surface area contributed by atoms with Crippen LogP contribution in [-0.4, -0.2) is 36.2 Å². The minimum absolute atomic E-state index is 0.0203. The van der Waals surface area contributed by atoms with Crippen molar-refractivity contribution in [2.24, 2.45) is 0 Å². The summed E-state index contributed by atoms with van der Waals surface area (Å²) in [6, 6.07) is 1.16. The molecule has 1 aliphatic heterocycles. The van der Waals surface area contributed by atoms with Crippen LogP contribution < -0.4 is 10.6 Å². The summed E-state index contributed by atoms with van der Waals surface area (Å²) in [4.78, 5) is 16.1. The molecule has 6 heteroatoms. The highest BCUT2D eigenvalue weighted by Crippen LogP contribution is 2.17. The SMILES string of the molecule is CCNc1ncc(F)cc1C(=O)NC1CCOC1C. The standard InChI is InChI=1S/C13H18FN3O2/c1-3-15-12-10(6-9(14)7-16-12)13(18)17-11-4-5-19-8(11)2/h6-8,11H,3-5H2,1-2H3,(H,15,16)(H,17,18). The van der Waals surface area contributed by atoms with Crippen LogP contribution in [0.2, 0.25) is 0 Å². The van der Waals surface area contributed by atoms with Gasteiger partial charge < -0.3 is 15.4 Å². The summed E-state index contributed by atoms with van der Waals surface area (Å²) in [7, 11) is 0. The molecule has 104 valence electrons. The van der Waals surface area contributed by atoms with Crippen LogP contribution in [0.3, 0.4) is 0 Å². The quantitative estimate of drug-likeness (QED) is 0.869. The minimum Gasteiger partial charge on any atom is -0.376 e. The van der Waals surface area contributed by atoms with Crippen molar-refractivity contribution in [3.8, 4) is 0 Å². The van der Waals surface area contributed by atoms with Gasteiger partial charge in [-0.3, -0.25) is 4.79 Å². The highest BCUT2D eigenvalue weighted by atomic mass is 19.1. The van der Waals surface area contributed by atoms with Gasteiger partial charge in [-0.1, -0.05) is 0 Å². The normalized spacial score (nSPS) is 22.3. The molecule has 2 heterocycles. The first-order valence-corrected chi connectivity index (χ1v) is 6.43.